The van der Waals surface area contributed by atoms with Crippen LogP contribution in [0.3, 0.4) is 0 Å². The van der Waals surface area contributed by atoms with Gasteiger partial charge in [0.25, 0.3) is 5.91 Å². The number of aliphatic hydroxyl groups is 3. The van der Waals surface area contributed by atoms with Gasteiger partial charge >= 0.3 is 0 Å². The molecule has 3 N–H and O–H groups in total. The highest BCUT2D eigenvalue weighted by Crippen LogP contribution is 2.43. The van der Waals surface area contributed by atoms with Crippen LogP contribution in [0.5, 0.6) is 0 Å². The zero-order valence-corrected chi connectivity index (χ0v) is 12.7. The van der Waals surface area contributed by atoms with E-state index in [9.17, 15) is 20.1 Å². The van der Waals surface area contributed by atoms with Crippen LogP contribution in [0.15, 0.2) is 60.7 Å². The van der Waals surface area contributed by atoms with Crippen molar-refractivity contribution in [2.24, 2.45) is 0 Å². The largest absolute Gasteiger partial charge is 0.386 e. The van der Waals surface area contributed by atoms with Crippen molar-refractivity contribution in [1.29, 1.82) is 0 Å². The van der Waals surface area contributed by atoms with Crippen LogP contribution in [-0.2, 0) is 10.4 Å². The van der Waals surface area contributed by atoms with Crippen molar-refractivity contribution in [1.82, 2.24) is 4.90 Å². The van der Waals surface area contributed by atoms with E-state index < -0.39 is 29.8 Å². The number of aliphatic hydroxyl groups excluding tert-OH is 2. The third-order valence-corrected chi connectivity index (χ3v) is 4.54. The molecule has 0 saturated carbocycles. The van der Waals surface area contributed by atoms with Gasteiger partial charge in [0.05, 0.1) is 6.04 Å². The number of hydrogen-bond acceptors (Lipinski definition) is 4. The number of amides is 1. The summed E-state index contributed by atoms with van der Waals surface area (Å²) in [6.07, 6.45) is -2.76. The topological polar surface area (TPSA) is 81.0 Å². The first-order valence-electron chi connectivity index (χ1n) is 7.43. The molecule has 0 unspecified atom stereocenters. The number of carbonyl (C=O) groups excluding carboxylic acids is 1. The molecule has 0 bridgehead atoms. The van der Waals surface area contributed by atoms with Crippen molar-refractivity contribution in [2.45, 2.75) is 23.9 Å². The Morgan fingerprint density at radius 1 is 1.04 bits per heavy atom. The summed E-state index contributed by atoms with van der Waals surface area (Å²) in [7, 11) is 1.48. The molecule has 1 amide bonds. The second-order valence-electron chi connectivity index (χ2n) is 5.84. The maximum atomic E-state index is 12.2. The molecule has 3 rings (SSSR count). The van der Waals surface area contributed by atoms with Gasteiger partial charge in [0.2, 0.25) is 0 Å². The average Bonchev–Trinajstić information content (AvgIpc) is 2.77. The Hall–Kier alpha value is -2.21. The van der Waals surface area contributed by atoms with Crippen LogP contribution >= 0.6 is 0 Å². The van der Waals surface area contributed by atoms with Gasteiger partial charge in [-0.25, -0.2) is 0 Å². The lowest BCUT2D eigenvalue weighted by Crippen LogP contribution is -2.49. The molecule has 1 saturated heterocycles. The first kappa shape index (κ1) is 15.7. The second kappa shape index (κ2) is 5.77. The summed E-state index contributed by atoms with van der Waals surface area (Å²) in [5, 5.41) is 32.3. The normalized spacial score (nSPS) is 28.9. The van der Waals surface area contributed by atoms with Crippen molar-refractivity contribution < 1.29 is 20.1 Å². The molecule has 1 aliphatic heterocycles. The zero-order valence-electron chi connectivity index (χ0n) is 12.7. The van der Waals surface area contributed by atoms with E-state index in [4.69, 9.17) is 0 Å². The number of hydrogen-bond donors (Lipinski definition) is 3. The molecule has 1 heterocycles. The minimum atomic E-state index is -1.89. The van der Waals surface area contributed by atoms with E-state index in [1.165, 1.54) is 11.9 Å². The van der Waals surface area contributed by atoms with Crippen molar-refractivity contribution in [3.63, 3.8) is 0 Å². The van der Waals surface area contributed by atoms with Crippen LogP contribution in [0.4, 0.5) is 0 Å². The summed E-state index contributed by atoms with van der Waals surface area (Å²) in [4.78, 5) is 13.5. The molecule has 5 nitrogen and oxygen atoms in total. The van der Waals surface area contributed by atoms with Crippen LogP contribution in [0.25, 0.3) is 0 Å². The van der Waals surface area contributed by atoms with Gasteiger partial charge in [-0.3, -0.25) is 4.79 Å². The molecular weight excluding hydrogens is 294 g/mol. The summed E-state index contributed by atoms with van der Waals surface area (Å²) in [6.45, 7) is 0. The van der Waals surface area contributed by atoms with Crippen molar-refractivity contribution in [3.8, 4) is 0 Å². The maximum Gasteiger partial charge on any atom is 0.255 e. The Labute approximate surface area is 134 Å². The SMILES string of the molecule is CN1C(=O)[C@@H](O)[C@](O)(c2ccccc2)[C@@H]1[C@H](O)c1ccccc1. The molecule has 0 radical (unpaired) electrons. The Balaban J connectivity index is 2.10. The van der Waals surface area contributed by atoms with Gasteiger partial charge in [0, 0.05) is 7.05 Å². The molecule has 5 heteroatoms. The molecule has 4 atom stereocenters. The highest BCUT2D eigenvalue weighted by atomic mass is 16.4. The molecule has 0 spiro atoms. The molecule has 2 aromatic carbocycles. The highest BCUT2D eigenvalue weighted by molar-refractivity contribution is 5.86. The quantitative estimate of drug-likeness (QED) is 0.783. The van der Waals surface area contributed by atoms with Gasteiger partial charge in [0.1, 0.15) is 11.7 Å². The predicted molar refractivity (Wildman–Crippen MR) is 84.3 cm³/mol. The van der Waals surface area contributed by atoms with E-state index in [0.717, 1.165) is 0 Å². The lowest BCUT2D eigenvalue weighted by Gasteiger charge is -2.36. The minimum absolute atomic E-state index is 0.394. The fourth-order valence-electron chi connectivity index (χ4n) is 3.29. The van der Waals surface area contributed by atoms with Gasteiger partial charge < -0.3 is 20.2 Å². The number of benzene rings is 2. The Morgan fingerprint density at radius 3 is 2.13 bits per heavy atom. The van der Waals surface area contributed by atoms with E-state index >= 15 is 0 Å². The van der Waals surface area contributed by atoms with Crippen LogP contribution in [0, 0.1) is 0 Å². The Morgan fingerprint density at radius 2 is 1.57 bits per heavy atom. The average molecular weight is 313 g/mol. The van der Waals surface area contributed by atoms with Crippen LogP contribution in [0.2, 0.25) is 0 Å². The predicted octanol–water partition coefficient (Wildman–Crippen LogP) is 0.809. The smallest absolute Gasteiger partial charge is 0.255 e. The maximum absolute atomic E-state index is 12.2. The van der Waals surface area contributed by atoms with Gasteiger partial charge in [-0.05, 0) is 11.1 Å². The Kier molecular flexibility index (Phi) is 3.93. The fourth-order valence-corrected chi connectivity index (χ4v) is 3.29. The number of likely N-dealkylation sites (N-methyl/N-ethyl adjacent to an activating group) is 1. The molecule has 1 aliphatic rings. The highest BCUT2D eigenvalue weighted by Gasteiger charge is 2.60. The summed E-state index contributed by atoms with van der Waals surface area (Å²) in [6, 6.07) is 16.3. The second-order valence-corrected chi connectivity index (χ2v) is 5.84. The van der Waals surface area contributed by atoms with E-state index in [-0.39, 0.29) is 0 Å². The van der Waals surface area contributed by atoms with Crippen LogP contribution in [0.1, 0.15) is 17.2 Å². The Bertz CT molecular complexity index is 691. The monoisotopic (exact) mass is 313 g/mol. The third kappa shape index (κ3) is 2.34. The van der Waals surface area contributed by atoms with Crippen LogP contribution < -0.4 is 0 Å². The van der Waals surface area contributed by atoms with Gasteiger partial charge in [-0.1, -0.05) is 60.7 Å². The first-order valence-corrected chi connectivity index (χ1v) is 7.43. The van der Waals surface area contributed by atoms with E-state index in [2.05, 4.69) is 0 Å². The summed E-state index contributed by atoms with van der Waals surface area (Å²) in [5.74, 6) is -0.615. The van der Waals surface area contributed by atoms with E-state index in [0.29, 0.717) is 11.1 Å². The minimum Gasteiger partial charge on any atom is -0.386 e. The van der Waals surface area contributed by atoms with Gasteiger partial charge in [0.15, 0.2) is 6.10 Å². The summed E-state index contributed by atoms with van der Waals surface area (Å²) < 4.78 is 0. The van der Waals surface area contributed by atoms with E-state index in [1.54, 1.807) is 54.6 Å². The molecule has 2 aromatic rings. The molecular formula is C18H19NO4. The van der Waals surface area contributed by atoms with Crippen LogP contribution in [-0.4, -0.2) is 45.3 Å². The molecule has 0 aromatic heterocycles. The number of likely N-dealkylation sites (tertiary alicyclic amines) is 1. The molecule has 0 aliphatic carbocycles. The molecule has 120 valence electrons. The zero-order chi connectivity index (χ0) is 16.6. The lowest BCUT2D eigenvalue weighted by molar-refractivity contribution is -0.138. The van der Waals surface area contributed by atoms with Crippen molar-refractivity contribution in [2.75, 3.05) is 7.05 Å². The summed E-state index contributed by atoms with van der Waals surface area (Å²) in [5.41, 5.74) is -0.923. The summed E-state index contributed by atoms with van der Waals surface area (Å²) >= 11 is 0. The fraction of sp³-hybridized carbons (Fsp3) is 0.278. The first-order chi connectivity index (χ1) is 11.0. The van der Waals surface area contributed by atoms with Gasteiger partial charge in [-0.15, -0.1) is 0 Å². The molecule has 23 heavy (non-hydrogen) atoms. The molecule has 1 fully saturated rings. The van der Waals surface area contributed by atoms with E-state index in [1.807, 2.05) is 6.07 Å². The van der Waals surface area contributed by atoms with Crippen molar-refractivity contribution in [3.05, 3.63) is 71.8 Å². The third-order valence-electron chi connectivity index (χ3n) is 4.54. The number of carbonyl (C=O) groups is 1. The van der Waals surface area contributed by atoms with Crippen molar-refractivity contribution >= 4 is 5.91 Å². The van der Waals surface area contributed by atoms with Gasteiger partial charge in [-0.2, -0.15) is 0 Å². The standard InChI is InChI=1S/C18H19NO4/c1-19-15(14(20)12-8-4-2-5-9-12)18(23,16(21)17(19)22)13-10-6-3-7-11-13/h2-11,14-16,20-21,23H,1H3/t14-,15+,16-,18+/m1/s1. The lowest BCUT2D eigenvalue weighted by atomic mass is 9.80. The number of nitrogens with zero attached hydrogens (tertiary/aromatic N) is 1. The number of rotatable bonds is 3.